The molecule has 0 N–H and O–H groups in total. The molecule has 0 saturated carbocycles. The molecular weight excluding hydrogens is 411 g/mol. The second-order valence-corrected chi connectivity index (χ2v) is 6.67. The van der Waals surface area contributed by atoms with E-state index in [1.807, 2.05) is 0 Å². The number of anilines is 1. The third-order valence-electron chi connectivity index (χ3n) is 4.17. The molecule has 0 spiro atoms. The topological polar surface area (TPSA) is 62.2 Å². The van der Waals surface area contributed by atoms with Gasteiger partial charge >= 0.3 is 6.03 Å². The van der Waals surface area contributed by atoms with E-state index in [9.17, 15) is 22.8 Å². The molecule has 1 unspecified atom stereocenters. The zero-order valence-corrected chi connectivity index (χ0v) is 16.7. The van der Waals surface area contributed by atoms with Crippen molar-refractivity contribution in [2.75, 3.05) is 11.9 Å². The summed E-state index contributed by atoms with van der Waals surface area (Å²) in [5, 5.41) is 3.55. The average Bonchev–Trinajstić information content (AvgIpc) is 2.67. The van der Waals surface area contributed by atoms with Gasteiger partial charge in [-0.3, -0.25) is 14.6 Å². The molecule has 0 bridgehead atoms. The predicted molar refractivity (Wildman–Crippen MR) is 104 cm³/mol. The Labute approximate surface area is 170 Å². The Morgan fingerprint density at radius 2 is 2.07 bits per heavy atom. The number of hydrogen-bond acceptors (Lipinski definition) is 4. The lowest BCUT2D eigenvalue weighted by Crippen LogP contribution is -2.47. The molecule has 2 rings (SSSR count). The van der Waals surface area contributed by atoms with Crippen molar-refractivity contribution in [1.82, 2.24) is 4.90 Å². The molecule has 1 aromatic carbocycles. The fourth-order valence-corrected chi connectivity index (χ4v) is 2.72. The molecule has 2 amide bonds. The molecule has 29 heavy (non-hydrogen) atoms. The van der Waals surface area contributed by atoms with Gasteiger partial charge in [-0.2, -0.15) is 8.78 Å². The fourth-order valence-electron chi connectivity index (χ4n) is 2.52. The number of nitrogens with zero attached hydrogens (tertiary/aromatic N) is 3. The molecule has 1 heterocycles. The minimum atomic E-state index is -3.25. The first-order chi connectivity index (χ1) is 13.5. The van der Waals surface area contributed by atoms with Gasteiger partial charge in [0.2, 0.25) is 0 Å². The maximum Gasteiger partial charge on any atom is 0.333 e. The lowest BCUT2D eigenvalue weighted by Gasteiger charge is -2.37. The van der Waals surface area contributed by atoms with Crippen LogP contribution in [0.5, 0.6) is 0 Å². The van der Waals surface area contributed by atoms with Crippen molar-refractivity contribution in [1.29, 1.82) is 0 Å². The molecule has 1 aromatic rings. The van der Waals surface area contributed by atoms with Gasteiger partial charge in [-0.15, -0.1) is 0 Å². The maximum atomic E-state index is 14.6. The van der Waals surface area contributed by atoms with Crippen LogP contribution in [-0.4, -0.2) is 42.5 Å². The molecule has 0 aromatic heterocycles. The summed E-state index contributed by atoms with van der Waals surface area (Å²) in [4.78, 5) is 29.7. The van der Waals surface area contributed by atoms with Crippen LogP contribution >= 0.6 is 11.6 Å². The number of carbonyl (C=O) groups excluding carboxylic acids is 2. The largest absolute Gasteiger partial charge is 0.385 e. The lowest BCUT2D eigenvalue weighted by atomic mass is 10.1. The first-order valence-corrected chi connectivity index (χ1v) is 8.91. The Hall–Kier alpha value is -2.81. The van der Waals surface area contributed by atoms with Crippen LogP contribution in [0.4, 0.5) is 23.7 Å². The highest BCUT2D eigenvalue weighted by atomic mass is 35.5. The number of aldehydes is 1. The van der Waals surface area contributed by atoms with Gasteiger partial charge in [0.05, 0.1) is 22.6 Å². The van der Waals surface area contributed by atoms with Gasteiger partial charge < -0.3 is 4.84 Å². The first-order valence-electron chi connectivity index (χ1n) is 8.53. The van der Waals surface area contributed by atoms with Gasteiger partial charge in [0.15, 0.2) is 12.4 Å². The number of hydrogen-bond donors (Lipinski definition) is 0. The van der Waals surface area contributed by atoms with Crippen LogP contribution in [0.3, 0.4) is 0 Å². The highest BCUT2D eigenvalue weighted by Crippen LogP contribution is 2.37. The number of alkyl halides is 2. The SMILES string of the molecule is C=C1C=C(C(F)(F)CC)N(C)C(=O)N1c1cc(/C=N/OC(C)C=O)c(Cl)cc1F. The van der Waals surface area contributed by atoms with Gasteiger partial charge in [0.1, 0.15) is 5.82 Å². The van der Waals surface area contributed by atoms with E-state index in [4.69, 9.17) is 16.4 Å². The number of halogens is 4. The molecule has 6 nitrogen and oxygen atoms in total. The van der Waals surface area contributed by atoms with E-state index in [0.29, 0.717) is 6.29 Å². The van der Waals surface area contributed by atoms with Crippen molar-refractivity contribution in [2.24, 2.45) is 5.16 Å². The smallest absolute Gasteiger partial charge is 0.333 e. The summed E-state index contributed by atoms with van der Waals surface area (Å²) >= 11 is 5.99. The molecule has 10 heteroatoms. The van der Waals surface area contributed by atoms with Gasteiger partial charge in [-0.1, -0.05) is 30.3 Å². The van der Waals surface area contributed by atoms with Crippen molar-refractivity contribution >= 4 is 35.8 Å². The van der Waals surface area contributed by atoms with Gasteiger partial charge in [0.25, 0.3) is 5.92 Å². The number of rotatable bonds is 7. The fraction of sp³-hybridized carbons (Fsp3) is 0.316. The Balaban J connectivity index is 2.46. The Kier molecular flexibility index (Phi) is 6.73. The number of amides is 2. The zero-order valence-electron chi connectivity index (χ0n) is 16.0. The number of urea groups is 1. The number of carbonyl (C=O) groups is 2. The maximum absolute atomic E-state index is 14.6. The van der Waals surface area contributed by atoms with Crippen LogP contribution in [-0.2, 0) is 9.63 Å². The monoisotopic (exact) mass is 429 g/mol. The molecule has 1 aliphatic heterocycles. The van der Waals surface area contributed by atoms with E-state index in [-0.39, 0.29) is 22.0 Å². The summed E-state index contributed by atoms with van der Waals surface area (Å²) in [6, 6.07) is 1.24. The number of benzene rings is 1. The van der Waals surface area contributed by atoms with Gasteiger partial charge in [-0.25, -0.2) is 9.18 Å². The minimum absolute atomic E-state index is 0.0328. The Bertz CT molecular complexity index is 902. The molecule has 0 radical (unpaired) electrons. The van der Waals surface area contributed by atoms with E-state index in [2.05, 4.69) is 11.7 Å². The number of allylic oxidation sites excluding steroid dienone is 2. The van der Waals surface area contributed by atoms with Gasteiger partial charge in [-0.05, 0) is 25.1 Å². The van der Waals surface area contributed by atoms with Crippen molar-refractivity contribution in [3.05, 3.63) is 52.6 Å². The highest BCUT2D eigenvalue weighted by molar-refractivity contribution is 6.33. The highest BCUT2D eigenvalue weighted by Gasteiger charge is 2.42. The summed E-state index contributed by atoms with van der Waals surface area (Å²) in [6.07, 6.45) is 1.38. The average molecular weight is 430 g/mol. The summed E-state index contributed by atoms with van der Waals surface area (Å²) in [5.74, 6) is -4.11. The molecular formula is C19H19ClF3N3O3. The van der Waals surface area contributed by atoms with E-state index in [1.165, 1.54) is 27.0 Å². The molecule has 0 aliphatic carbocycles. The van der Waals surface area contributed by atoms with E-state index >= 15 is 0 Å². The molecule has 156 valence electrons. The summed E-state index contributed by atoms with van der Waals surface area (Å²) in [5.41, 5.74) is -0.737. The van der Waals surface area contributed by atoms with Crippen LogP contribution in [0.2, 0.25) is 5.02 Å². The second-order valence-electron chi connectivity index (χ2n) is 6.26. The van der Waals surface area contributed by atoms with Crippen LogP contribution in [0.15, 0.2) is 41.3 Å². The normalized spacial score (nSPS) is 16.3. The van der Waals surface area contributed by atoms with Crippen molar-refractivity contribution in [3.8, 4) is 0 Å². The quantitative estimate of drug-likeness (QED) is 0.357. The van der Waals surface area contributed by atoms with Crippen LogP contribution < -0.4 is 4.90 Å². The molecule has 0 saturated heterocycles. The first kappa shape index (κ1) is 22.5. The Morgan fingerprint density at radius 3 is 2.66 bits per heavy atom. The van der Waals surface area contributed by atoms with E-state index in [1.54, 1.807) is 0 Å². The van der Waals surface area contributed by atoms with Gasteiger partial charge in [0, 0.05) is 24.7 Å². The number of oxime groups is 1. The standard InChI is InChI=1S/C19H19ClF3N3O3/c1-5-19(22,23)17-6-11(2)26(18(28)25(17)4)16-7-13(14(20)8-15(16)21)9-24-29-12(3)10-27/h6-10,12H,2,5H2,1,3-4H3/b24-9+. The summed E-state index contributed by atoms with van der Waals surface area (Å²) in [6.45, 7) is 6.36. The molecule has 0 fully saturated rings. The van der Waals surface area contributed by atoms with Crippen LogP contribution in [0.1, 0.15) is 25.8 Å². The second kappa shape index (κ2) is 8.69. The van der Waals surface area contributed by atoms with E-state index < -0.39 is 36.0 Å². The van der Waals surface area contributed by atoms with Crippen molar-refractivity contribution in [3.63, 3.8) is 0 Å². The minimum Gasteiger partial charge on any atom is -0.385 e. The van der Waals surface area contributed by atoms with Crippen LogP contribution in [0.25, 0.3) is 0 Å². The van der Waals surface area contributed by atoms with Crippen molar-refractivity contribution in [2.45, 2.75) is 32.3 Å². The predicted octanol–water partition coefficient (Wildman–Crippen LogP) is 4.73. The van der Waals surface area contributed by atoms with E-state index in [0.717, 1.165) is 28.2 Å². The third kappa shape index (κ3) is 4.61. The Morgan fingerprint density at radius 1 is 1.41 bits per heavy atom. The zero-order chi connectivity index (χ0) is 21.9. The molecule has 1 aliphatic rings. The summed E-state index contributed by atoms with van der Waals surface area (Å²) in [7, 11) is 1.17. The summed E-state index contributed by atoms with van der Waals surface area (Å²) < 4.78 is 42.8. The van der Waals surface area contributed by atoms with Crippen LogP contribution in [0, 0.1) is 5.82 Å². The lowest BCUT2D eigenvalue weighted by molar-refractivity contribution is -0.116. The molecule has 1 atom stereocenters. The van der Waals surface area contributed by atoms with Crippen molar-refractivity contribution < 1.29 is 27.6 Å². The third-order valence-corrected chi connectivity index (χ3v) is 4.49.